The van der Waals surface area contributed by atoms with E-state index in [0.29, 0.717) is 18.5 Å². The SMILES string of the molecule is CN=C(NCc1nccn1CC(C)C)NC1CCN(Cc2ccccc2C)CC1. The van der Waals surface area contributed by atoms with Crippen LogP contribution in [0.3, 0.4) is 0 Å². The van der Waals surface area contributed by atoms with Gasteiger partial charge in [-0.1, -0.05) is 38.1 Å². The molecule has 3 rings (SSSR count). The van der Waals surface area contributed by atoms with Gasteiger partial charge in [0, 0.05) is 51.7 Å². The molecule has 6 heteroatoms. The van der Waals surface area contributed by atoms with E-state index in [4.69, 9.17) is 0 Å². The molecule has 0 amide bonds. The molecule has 1 aliphatic heterocycles. The molecule has 29 heavy (non-hydrogen) atoms. The lowest BCUT2D eigenvalue weighted by Crippen LogP contribution is -2.48. The summed E-state index contributed by atoms with van der Waals surface area (Å²) in [6.45, 7) is 11.6. The number of benzene rings is 1. The standard InChI is InChI=1S/C23H36N6/c1-18(2)16-29-14-11-25-22(29)15-26-23(24-4)27-21-9-12-28(13-10-21)17-20-8-6-5-7-19(20)3/h5-8,11,14,18,21H,9-10,12-13,15-17H2,1-4H3,(H2,24,26,27). The minimum Gasteiger partial charge on any atom is -0.354 e. The molecule has 1 aliphatic rings. The van der Waals surface area contributed by atoms with Crippen LogP contribution in [0.4, 0.5) is 0 Å². The summed E-state index contributed by atoms with van der Waals surface area (Å²) in [5.74, 6) is 2.52. The van der Waals surface area contributed by atoms with Gasteiger partial charge in [-0.3, -0.25) is 9.89 Å². The van der Waals surface area contributed by atoms with Gasteiger partial charge in [-0.2, -0.15) is 0 Å². The van der Waals surface area contributed by atoms with E-state index >= 15 is 0 Å². The molecule has 0 bridgehead atoms. The highest BCUT2D eigenvalue weighted by atomic mass is 15.2. The Labute approximate surface area is 175 Å². The minimum absolute atomic E-state index is 0.463. The Bertz CT molecular complexity index is 786. The first kappa shape index (κ1) is 21.4. The van der Waals surface area contributed by atoms with Gasteiger partial charge in [-0.15, -0.1) is 0 Å². The summed E-state index contributed by atoms with van der Waals surface area (Å²) < 4.78 is 2.22. The molecule has 2 aromatic rings. The number of hydrogen-bond donors (Lipinski definition) is 2. The first-order valence-corrected chi connectivity index (χ1v) is 10.8. The number of nitrogens with one attached hydrogen (secondary N) is 2. The zero-order valence-electron chi connectivity index (χ0n) is 18.4. The van der Waals surface area contributed by atoms with Crippen LogP contribution >= 0.6 is 0 Å². The Kier molecular flexibility index (Phi) is 7.69. The smallest absolute Gasteiger partial charge is 0.191 e. The Hall–Kier alpha value is -2.34. The number of nitrogens with zero attached hydrogens (tertiary/aromatic N) is 4. The third-order valence-electron chi connectivity index (χ3n) is 5.58. The van der Waals surface area contributed by atoms with Crippen molar-refractivity contribution in [2.24, 2.45) is 10.9 Å². The van der Waals surface area contributed by atoms with Crippen LogP contribution in [0.5, 0.6) is 0 Å². The quantitative estimate of drug-likeness (QED) is 0.557. The van der Waals surface area contributed by atoms with Crippen molar-refractivity contribution in [2.75, 3.05) is 20.1 Å². The van der Waals surface area contributed by atoms with Crippen LogP contribution in [0.15, 0.2) is 41.7 Å². The first-order valence-electron chi connectivity index (χ1n) is 10.8. The van der Waals surface area contributed by atoms with Crippen molar-refractivity contribution in [3.05, 3.63) is 53.6 Å². The molecule has 1 aromatic carbocycles. The third-order valence-corrected chi connectivity index (χ3v) is 5.58. The maximum atomic E-state index is 4.49. The van der Waals surface area contributed by atoms with Crippen LogP contribution < -0.4 is 10.6 Å². The minimum atomic E-state index is 0.463. The van der Waals surface area contributed by atoms with E-state index in [2.05, 4.69) is 81.3 Å². The van der Waals surface area contributed by atoms with Crippen molar-refractivity contribution in [1.82, 2.24) is 25.1 Å². The Morgan fingerprint density at radius 3 is 2.69 bits per heavy atom. The summed E-state index contributed by atoms with van der Waals surface area (Å²) in [6.07, 6.45) is 6.19. The second-order valence-electron chi connectivity index (χ2n) is 8.44. The van der Waals surface area contributed by atoms with Gasteiger partial charge in [0.2, 0.25) is 0 Å². The molecule has 1 aromatic heterocycles. The van der Waals surface area contributed by atoms with Crippen LogP contribution in [-0.2, 0) is 19.6 Å². The van der Waals surface area contributed by atoms with Crippen LogP contribution in [0.25, 0.3) is 0 Å². The number of imidazole rings is 1. The summed E-state index contributed by atoms with van der Waals surface area (Å²) in [5, 5.41) is 7.03. The molecular weight excluding hydrogens is 360 g/mol. The van der Waals surface area contributed by atoms with Crippen LogP contribution in [0, 0.1) is 12.8 Å². The molecule has 1 saturated heterocycles. The first-order chi connectivity index (χ1) is 14.0. The van der Waals surface area contributed by atoms with Crippen molar-refractivity contribution in [3.63, 3.8) is 0 Å². The summed E-state index contributed by atoms with van der Waals surface area (Å²) in [6, 6.07) is 9.16. The van der Waals surface area contributed by atoms with Crippen molar-refractivity contribution < 1.29 is 0 Å². The zero-order valence-corrected chi connectivity index (χ0v) is 18.4. The Balaban J connectivity index is 1.44. The van der Waals surface area contributed by atoms with Gasteiger partial charge in [0.25, 0.3) is 0 Å². The van der Waals surface area contributed by atoms with Crippen LogP contribution in [0.1, 0.15) is 43.6 Å². The second kappa shape index (κ2) is 10.4. The highest BCUT2D eigenvalue weighted by Gasteiger charge is 2.20. The van der Waals surface area contributed by atoms with Crippen molar-refractivity contribution in [1.29, 1.82) is 0 Å². The summed E-state index contributed by atoms with van der Waals surface area (Å²) in [4.78, 5) is 11.5. The van der Waals surface area contributed by atoms with E-state index in [1.807, 2.05) is 13.2 Å². The largest absolute Gasteiger partial charge is 0.354 e. The lowest BCUT2D eigenvalue weighted by atomic mass is 10.0. The van der Waals surface area contributed by atoms with E-state index in [9.17, 15) is 0 Å². The Morgan fingerprint density at radius 2 is 2.00 bits per heavy atom. The number of aliphatic imine (C=N–C) groups is 1. The fraction of sp³-hybridized carbons (Fsp3) is 0.565. The number of aromatic nitrogens is 2. The van der Waals surface area contributed by atoms with Gasteiger partial charge in [-0.25, -0.2) is 4.98 Å². The van der Waals surface area contributed by atoms with Crippen molar-refractivity contribution >= 4 is 5.96 Å². The molecular formula is C23H36N6. The van der Waals surface area contributed by atoms with Crippen LogP contribution in [0.2, 0.25) is 0 Å². The van der Waals surface area contributed by atoms with E-state index < -0.39 is 0 Å². The predicted molar refractivity (Wildman–Crippen MR) is 120 cm³/mol. The van der Waals surface area contributed by atoms with Crippen molar-refractivity contribution in [3.8, 4) is 0 Å². The maximum Gasteiger partial charge on any atom is 0.191 e. The number of rotatable bonds is 7. The van der Waals surface area contributed by atoms with Crippen molar-refractivity contribution in [2.45, 2.75) is 59.3 Å². The highest BCUT2D eigenvalue weighted by molar-refractivity contribution is 5.79. The van der Waals surface area contributed by atoms with Crippen LogP contribution in [-0.4, -0.2) is 46.6 Å². The van der Waals surface area contributed by atoms with Gasteiger partial charge in [0.15, 0.2) is 5.96 Å². The number of guanidine groups is 1. The third kappa shape index (κ3) is 6.32. The molecule has 0 unspecified atom stereocenters. The summed E-state index contributed by atoms with van der Waals surface area (Å²) in [7, 11) is 1.84. The molecule has 2 heterocycles. The molecule has 6 nitrogen and oxygen atoms in total. The summed E-state index contributed by atoms with van der Waals surface area (Å²) >= 11 is 0. The molecule has 0 spiro atoms. The van der Waals surface area contributed by atoms with E-state index in [1.54, 1.807) is 0 Å². The summed E-state index contributed by atoms with van der Waals surface area (Å²) in [5.41, 5.74) is 2.82. The number of aryl methyl sites for hydroxylation is 1. The molecule has 158 valence electrons. The molecule has 0 atom stereocenters. The normalized spacial score (nSPS) is 16.4. The van der Waals surface area contributed by atoms with Gasteiger partial charge < -0.3 is 15.2 Å². The monoisotopic (exact) mass is 396 g/mol. The average molecular weight is 397 g/mol. The fourth-order valence-corrected chi connectivity index (χ4v) is 3.88. The van der Waals surface area contributed by atoms with Gasteiger partial charge >= 0.3 is 0 Å². The van der Waals surface area contributed by atoms with E-state index in [1.165, 1.54) is 11.1 Å². The lowest BCUT2D eigenvalue weighted by molar-refractivity contribution is 0.198. The van der Waals surface area contributed by atoms with Gasteiger partial charge in [-0.05, 0) is 36.8 Å². The number of likely N-dealkylation sites (tertiary alicyclic amines) is 1. The predicted octanol–water partition coefficient (Wildman–Crippen LogP) is 3.18. The number of hydrogen-bond acceptors (Lipinski definition) is 3. The lowest BCUT2D eigenvalue weighted by Gasteiger charge is -2.33. The Morgan fingerprint density at radius 1 is 1.24 bits per heavy atom. The second-order valence-corrected chi connectivity index (χ2v) is 8.44. The average Bonchev–Trinajstić information content (AvgIpc) is 3.14. The van der Waals surface area contributed by atoms with E-state index in [0.717, 1.165) is 50.8 Å². The molecule has 0 saturated carbocycles. The molecule has 0 radical (unpaired) electrons. The molecule has 2 N–H and O–H groups in total. The fourth-order valence-electron chi connectivity index (χ4n) is 3.88. The molecule has 1 fully saturated rings. The maximum absolute atomic E-state index is 4.49. The molecule has 0 aliphatic carbocycles. The number of piperidine rings is 1. The van der Waals surface area contributed by atoms with Gasteiger partial charge in [0.05, 0.1) is 6.54 Å². The zero-order chi connectivity index (χ0) is 20.6. The topological polar surface area (TPSA) is 57.5 Å². The van der Waals surface area contributed by atoms with Gasteiger partial charge in [0.1, 0.15) is 5.82 Å². The van der Waals surface area contributed by atoms with E-state index in [-0.39, 0.29) is 0 Å². The highest BCUT2D eigenvalue weighted by Crippen LogP contribution is 2.16.